The summed E-state index contributed by atoms with van der Waals surface area (Å²) in [7, 11) is 4.16. The Morgan fingerprint density at radius 1 is 1.26 bits per heavy atom. The molecule has 0 spiro atoms. The Morgan fingerprint density at radius 3 is 2.53 bits per heavy atom. The van der Waals surface area contributed by atoms with E-state index in [0.29, 0.717) is 6.61 Å². The maximum atomic E-state index is 6.26. The lowest BCUT2D eigenvalue weighted by Crippen LogP contribution is -2.45. The molecule has 2 N–H and O–H groups in total. The van der Waals surface area contributed by atoms with Crippen molar-refractivity contribution in [3.63, 3.8) is 0 Å². The first-order valence-electron chi connectivity index (χ1n) is 7.02. The highest BCUT2D eigenvalue weighted by molar-refractivity contribution is 5.62. The number of ether oxygens (including phenoxy) is 1. The molecule has 2 atom stereocenters. The van der Waals surface area contributed by atoms with Crippen molar-refractivity contribution >= 4 is 5.69 Å². The number of nitrogens with two attached hydrogens (primary N) is 1. The molecular formula is C15H25N3O. The molecule has 0 fully saturated rings. The van der Waals surface area contributed by atoms with E-state index in [-0.39, 0.29) is 12.1 Å². The number of hydrogen-bond acceptors (Lipinski definition) is 4. The number of anilines is 1. The van der Waals surface area contributed by atoms with E-state index >= 15 is 0 Å². The zero-order valence-corrected chi connectivity index (χ0v) is 12.4. The molecule has 19 heavy (non-hydrogen) atoms. The highest BCUT2D eigenvalue weighted by atomic mass is 16.5. The first kappa shape index (κ1) is 14.2. The summed E-state index contributed by atoms with van der Waals surface area (Å²) in [6.07, 6.45) is 0. The zero-order valence-electron chi connectivity index (χ0n) is 12.4. The average Bonchev–Trinajstić information content (AvgIpc) is 2.40. The molecule has 106 valence electrons. The predicted molar refractivity (Wildman–Crippen MR) is 79.9 cm³/mol. The van der Waals surface area contributed by atoms with Crippen LogP contribution in [0.1, 0.15) is 25.5 Å². The highest BCUT2D eigenvalue weighted by Crippen LogP contribution is 2.40. The molecule has 1 aromatic rings. The van der Waals surface area contributed by atoms with Crippen molar-refractivity contribution in [2.45, 2.75) is 25.9 Å². The summed E-state index contributed by atoms with van der Waals surface area (Å²) >= 11 is 0. The van der Waals surface area contributed by atoms with E-state index in [1.54, 1.807) is 0 Å². The van der Waals surface area contributed by atoms with Crippen LogP contribution in [0.15, 0.2) is 18.2 Å². The van der Waals surface area contributed by atoms with Crippen LogP contribution in [0.2, 0.25) is 0 Å². The minimum atomic E-state index is 0.0132. The summed E-state index contributed by atoms with van der Waals surface area (Å²) in [5, 5.41) is 0. The number of benzene rings is 1. The van der Waals surface area contributed by atoms with Crippen LogP contribution >= 0.6 is 0 Å². The van der Waals surface area contributed by atoms with Gasteiger partial charge < -0.3 is 20.3 Å². The summed E-state index contributed by atoms with van der Waals surface area (Å²) < 4.78 is 5.82. The van der Waals surface area contributed by atoms with Crippen LogP contribution in [0.4, 0.5) is 5.69 Å². The quantitative estimate of drug-likeness (QED) is 0.900. The molecule has 2 unspecified atom stereocenters. The van der Waals surface area contributed by atoms with Gasteiger partial charge in [-0.25, -0.2) is 0 Å². The summed E-state index contributed by atoms with van der Waals surface area (Å²) in [5.41, 5.74) is 8.74. The Labute approximate surface area is 116 Å². The number of likely N-dealkylation sites (N-methyl/N-ethyl adjacent to an activating group) is 1. The van der Waals surface area contributed by atoms with Gasteiger partial charge in [0.1, 0.15) is 12.4 Å². The van der Waals surface area contributed by atoms with Crippen LogP contribution in [-0.2, 0) is 0 Å². The largest absolute Gasteiger partial charge is 0.491 e. The van der Waals surface area contributed by atoms with Gasteiger partial charge in [-0.15, -0.1) is 0 Å². The molecule has 0 amide bonds. The molecule has 0 bridgehead atoms. The summed E-state index contributed by atoms with van der Waals surface area (Å²) in [4.78, 5) is 4.55. The van der Waals surface area contributed by atoms with E-state index in [0.717, 1.165) is 18.8 Å². The van der Waals surface area contributed by atoms with Crippen LogP contribution in [0.3, 0.4) is 0 Å². The summed E-state index contributed by atoms with van der Waals surface area (Å²) in [6, 6.07) is 6.50. The fourth-order valence-corrected chi connectivity index (χ4v) is 2.93. The second kappa shape index (κ2) is 5.80. The van der Waals surface area contributed by atoms with Gasteiger partial charge in [-0.05, 0) is 40.1 Å². The SMILES string of the molecule is CCN(CC)c1cccc2c1C(N(C)C)C(N)CO2. The van der Waals surface area contributed by atoms with Crippen LogP contribution in [0.25, 0.3) is 0 Å². The van der Waals surface area contributed by atoms with Crippen molar-refractivity contribution in [2.75, 3.05) is 38.7 Å². The highest BCUT2D eigenvalue weighted by Gasteiger charge is 2.33. The topological polar surface area (TPSA) is 41.7 Å². The van der Waals surface area contributed by atoms with Gasteiger partial charge in [0.2, 0.25) is 0 Å². The van der Waals surface area contributed by atoms with E-state index in [1.807, 2.05) is 6.07 Å². The van der Waals surface area contributed by atoms with Gasteiger partial charge in [0, 0.05) is 24.3 Å². The molecule has 4 nitrogen and oxygen atoms in total. The fourth-order valence-electron chi connectivity index (χ4n) is 2.93. The van der Waals surface area contributed by atoms with E-state index < -0.39 is 0 Å². The summed E-state index contributed by atoms with van der Waals surface area (Å²) in [5.74, 6) is 0.977. The van der Waals surface area contributed by atoms with E-state index in [2.05, 4.69) is 49.9 Å². The lowest BCUT2D eigenvalue weighted by Gasteiger charge is -2.38. The van der Waals surface area contributed by atoms with Gasteiger partial charge >= 0.3 is 0 Å². The normalized spacial score (nSPS) is 22.0. The lowest BCUT2D eigenvalue weighted by atomic mass is 9.93. The standard InChI is InChI=1S/C15H25N3O/c1-5-18(6-2)12-8-7-9-13-14(12)15(17(3)4)11(16)10-19-13/h7-9,11,15H,5-6,10,16H2,1-4H3. The van der Waals surface area contributed by atoms with Crippen LogP contribution in [0, 0.1) is 0 Å². The number of nitrogens with zero attached hydrogens (tertiary/aromatic N) is 2. The fraction of sp³-hybridized carbons (Fsp3) is 0.600. The minimum Gasteiger partial charge on any atom is -0.491 e. The van der Waals surface area contributed by atoms with Crippen molar-refractivity contribution < 1.29 is 4.74 Å². The smallest absolute Gasteiger partial charge is 0.126 e. The maximum absolute atomic E-state index is 6.26. The first-order valence-corrected chi connectivity index (χ1v) is 7.02. The van der Waals surface area contributed by atoms with Crippen LogP contribution in [0.5, 0.6) is 5.75 Å². The monoisotopic (exact) mass is 263 g/mol. The molecule has 1 aromatic carbocycles. The third-order valence-corrected chi connectivity index (χ3v) is 3.84. The summed E-state index contributed by atoms with van der Waals surface area (Å²) in [6.45, 7) is 6.91. The van der Waals surface area contributed by atoms with Crippen molar-refractivity contribution in [1.82, 2.24) is 4.90 Å². The van der Waals surface area contributed by atoms with E-state index in [4.69, 9.17) is 10.5 Å². The lowest BCUT2D eigenvalue weighted by molar-refractivity contribution is 0.162. The van der Waals surface area contributed by atoms with Crippen molar-refractivity contribution in [2.24, 2.45) is 5.73 Å². The van der Waals surface area contributed by atoms with Crippen molar-refractivity contribution in [1.29, 1.82) is 0 Å². The van der Waals surface area contributed by atoms with Gasteiger partial charge in [0.25, 0.3) is 0 Å². The Hall–Kier alpha value is -1.26. The molecule has 1 aliphatic heterocycles. The third-order valence-electron chi connectivity index (χ3n) is 3.84. The molecule has 1 aliphatic rings. The van der Waals surface area contributed by atoms with Crippen molar-refractivity contribution in [3.8, 4) is 5.75 Å². The molecule has 0 radical (unpaired) electrons. The van der Waals surface area contributed by atoms with Crippen LogP contribution in [-0.4, -0.2) is 44.7 Å². The Kier molecular flexibility index (Phi) is 4.32. The Morgan fingerprint density at radius 2 is 1.95 bits per heavy atom. The maximum Gasteiger partial charge on any atom is 0.126 e. The second-order valence-corrected chi connectivity index (χ2v) is 5.24. The zero-order chi connectivity index (χ0) is 14.0. The average molecular weight is 263 g/mol. The molecule has 2 rings (SSSR count). The van der Waals surface area contributed by atoms with Gasteiger partial charge in [-0.2, -0.15) is 0 Å². The first-order chi connectivity index (χ1) is 9.10. The van der Waals surface area contributed by atoms with Gasteiger partial charge in [-0.1, -0.05) is 6.07 Å². The number of fused-ring (bicyclic) bond motifs is 1. The molecule has 0 saturated heterocycles. The number of hydrogen-bond donors (Lipinski definition) is 1. The van der Waals surface area contributed by atoms with Gasteiger partial charge in [0.05, 0.1) is 12.1 Å². The minimum absolute atomic E-state index is 0.0132. The van der Waals surface area contributed by atoms with Gasteiger partial charge in [-0.3, -0.25) is 0 Å². The van der Waals surface area contributed by atoms with E-state index in [9.17, 15) is 0 Å². The molecule has 0 saturated carbocycles. The Balaban J connectivity index is 2.53. The molecular weight excluding hydrogens is 238 g/mol. The van der Waals surface area contributed by atoms with Crippen molar-refractivity contribution in [3.05, 3.63) is 23.8 Å². The molecule has 1 heterocycles. The molecule has 4 heteroatoms. The Bertz CT molecular complexity index is 429. The molecule has 0 aromatic heterocycles. The molecule has 0 aliphatic carbocycles. The second-order valence-electron chi connectivity index (χ2n) is 5.24. The number of rotatable bonds is 4. The van der Waals surface area contributed by atoms with Gasteiger partial charge in [0.15, 0.2) is 0 Å². The predicted octanol–water partition coefficient (Wildman–Crippen LogP) is 1.86. The van der Waals surface area contributed by atoms with E-state index in [1.165, 1.54) is 11.3 Å². The third kappa shape index (κ3) is 2.55. The van der Waals surface area contributed by atoms with Crippen LogP contribution < -0.4 is 15.4 Å².